The van der Waals surface area contributed by atoms with E-state index in [1.807, 2.05) is 0 Å². The summed E-state index contributed by atoms with van der Waals surface area (Å²) in [4.78, 5) is 9.28. The maximum Gasteiger partial charge on any atom is 0.231 e. The molecule has 0 saturated carbocycles. The van der Waals surface area contributed by atoms with Crippen LogP contribution >= 0.6 is 0 Å². The molecule has 0 radical (unpaired) electrons. The summed E-state index contributed by atoms with van der Waals surface area (Å²) < 4.78 is 5.40. The number of piperazine rings is 1. The average molecular weight is 281 g/mol. The van der Waals surface area contributed by atoms with Crippen molar-refractivity contribution in [3.63, 3.8) is 0 Å². The van der Waals surface area contributed by atoms with E-state index in [1.165, 1.54) is 0 Å². The van der Waals surface area contributed by atoms with Gasteiger partial charge in [0.05, 0.1) is 5.92 Å². The van der Waals surface area contributed by atoms with Crippen molar-refractivity contribution in [3.05, 3.63) is 11.7 Å². The lowest BCUT2D eigenvalue weighted by molar-refractivity contribution is 0.113. The fourth-order valence-electron chi connectivity index (χ4n) is 2.74. The van der Waals surface area contributed by atoms with Gasteiger partial charge in [0.15, 0.2) is 5.82 Å². The van der Waals surface area contributed by atoms with Crippen LogP contribution in [0.25, 0.3) is 0 Å². The van der Waals surface area contributed by atoms with Crippen LogP contribution in [-0.4, -0.2) is 66.3 Å². The molecule has 2 heterocycles. The van der Waals surface area contributed by atoms with Gasteiger partial charge in [0, 0.05) is 38.6 Å². The van der Waals surface area contributed by atoms with Gasteiger partial charge in [-0.25, -0.2) is 0 Å². The van der Waals surface area contributed by atoms with E-state index in [9.17, 15) is 0 Å². The maximum absolute atomic E-state index is 5.78. The summed E-state index contributed by atoms with van der Waals surface area (Å²) in [6.45, 7) is 5.98. The zero-order chi connectivity index (χ0) is 14.5. The van der Waals surface area contributed by atoms with Crippen LogP contribution in [0.4, 0.5) is 0 Å². The summed E-state index contributed by atoms with van der Waals surface area (Å²) in [5.41, 5.74) is 5.78. The van der Waals surface area contributed by atoms with Crippen molar-refractivity contribution in [1.82, 2.24) is 19.9 Å². The van der Waals surface area contributed by atoms with E-state index < -0.39 is 0 Å². The van der Waals surface area contributed by atoms with Crippen LogP contribution in [0, 0.1) is 0 Å². The van der Waals surface area contributed by atoms with E-state index in [-0.39, 0.29) is 5.92 Å². The molecule has 1 fully saturated rings. The lowest BCUT2D eigenvalue weighted by Crippen LogP contribution is -2.50. The van der Waals surface area contributed by atoms with Crippen molar-refractivity contribution < 1.29 is 4.52 Å². The minimum atomic E-state index is 0.202. The van der Waals surface area contributed by atoms with E-state index in [1.54, 1.807) is 0 Å². The Bertz CT molecular complexity index is 408. The van der Waals surface area contributed by atoms with Gasteiger partial charge in [0.1, 0.15) is 0 Å². The molecule has 0 aromatic carbocycles. The van der Waals surface area contributed by atoms with Crippen LogP contribution in [0.3, 0.4) is 0 Å². The largest absolute Gasteiger partial charge is 0.339 e. The molecule has 0 aliphatic carbocycles. The highest BCUT2D eigenvalue weighted by Crippen LogP contribution is 2.19. The fourth-order valence-corrected chi connectivity index (χ4v) is 2.74. The third-order valence-corrected chi connectivity index (χ3v) is 4.15. The molecule has 0 spiro atoms. The SMILES string of the molecule is CCCC(CN)c1nc(CC2CN(C)CCN2C)no1. The van der Waals surface area contributed by atoms with Gasteiger partial charge in [-0.2, -0.15) is 4.98 Å². The molecule has 0 bridgehead atoms. The molecule has 1 aliphatic rings. The minimum absolute atomic E-state index is 0.202. The highest BCUT2D eigenvalue weighted by Gasteiger charge is 2.25. The molecule has 2 unspecified atom stereocenters. The molecule has 6 nitrogen and oxygen atoms in total. The third-order valence-electron chi connectivity index (χ3n) is 4.15. The van der Waals surface area contributed by atoms with Crippen molar-refractivity contribution in [2.45, 2.75) is 38.1 Å². The Balaban J connectivity index is 1.98. The molecule has 2 rings (SSSR count). The Hall–Kier alpha value is -0.980. The molecule has 6 heteroatoms. The summed E-state index contributed by atoms with van der Waals surface area (Å²) in [6, 6.07) is 0.460. The van der Waals surface area contributed by atoms with Gasteiger partial charge in [0.25, 0.3) is 0 Å². The predicted molar refractivity (Wildman–Crippen MR) is 78.6 cm³/mol. The minimum Gasteiger partial charge on any atom is -0.339 e. The Morgan fingerprint density at radius 1 is 1.40 bits per heavy atom. The van der Waals surface area contributed by atoms with Crippen molar-refractivity contribution in [3.8, 4) is 0 Å². The van der Waals surface area contributed by atoms with E-state index in [0.29, 0.717) is 18.5 Å². The highest BCUT2D eigenvalue weighted by molar-refractivity contribution is 4.97. The molecule has 20 heavy (non-hydrogen) atoms. The summed E-state index contributed by atoms with van der Waals surface area (Å²) in [5.74, 6) is 1.71. The van der Waals surface area contributed by atoms with E-state index in [2.05, 4.69) is 41.0 Å². The number of hydrogen-bond donors (Lipinski definition) is 1. The quantitative estimate of drug-likeness (QED) is 0.827. The third kappa shape index (κ3) is 3.77. The lowest BCUT2D eigenvalue weighted by atomic mass is 10.0. The van der Waals surface area contributed by atoms with Crippen LogP contribution in [0.1, 0.15) is 37.4 Å². The standard InChI is InChI=1S/C14H27N5O/c1-4-5-11(9-15)14-16-13(17-20-14)8-12-10-18(2)6-7-19(12)3/h11-12H,4-10,15H2,1-3H3. The van der Waals surface area contributed by atoms with Crippen LogP contribution < -0.4 is 5.73 Å². The van der Waals surface area contributed by atoms with Gasteiger partial charge in [-0.05, 0) is 20.5 Å². The molecular weight excluding hydrogens is 254 g/mol. The van der Waals surface area contributed by atoms with Crippen LogP contribution in [-0.2, 0) is 6.42 Å². The van der Waals surface area contributed by atoms with Gasteiger partial charge in [-0.15, -0.1) is 0 Å². The molecular formula is C14H27N5O. The Labute approximate surface area is 121 Å². The zero-order valence-corrected chi connectivity index (χ0v) is 12.9. The molecule has 114 valence electrons. The maximum atomic E-state index is 5.78. The van der Waals surface area contributed by atoms with Crippen molar-refractivity contribution >= 4 is 0 Å². The van der Waals surface area contributed by atoms with Gasteiger partial charge in [-0.1, -0.05) is 18.5 Å². The number of rotatable bonds is 6. The fraction of sp³-hybridized carbons (Fsp3) is 0.857. The summed E-state index contributed by atoms with van der Waals surface area (Å²) in [5, 5.41) is 4.13. The summed E-state index contributed by atoms with van der Waals surface area (Å²) in [7, 11) is 4.33. The number of aromatic nitrogens is 2. The summed E-state index contributed by atoms with van der Waals surface area (Å²) >= 11 is 0. The average Bonchev–Trinajstić information content (AvgIpc) is 2.88. The van der Waals surface area contributed by atoms with Crippen LogP contribution in [0.5, 0.6) is 0 Å². The number of hydrogen-bond acceptors (Lipinski definition) is 6. The molecule has 1 aromatic heterocycles. The number of nitrogens with zero attached hydrogens (tertiary/aromatic N) is 4. The Morgan fingerprint density at radius 3 is 2.90 bits per heavy atom. The molecule has 0 amide bonds. The highest BCUT2D eigenvalue weighted by atomic mass is 16.5. The molecule has 1 aromatic rings. The van der Waals surface area contributed by atoms with Gasteiger partial charge < -0.3 is 20.1 Å². The number of likely N-dealkylation sites (N-methyl/N-ethyl adjacent to an activating group) is 2. The first kappa shape index (κ1) is 15.4. The second-order valence-corrected chi connectivity index (χ2v) is 5.87. The first-order valence-electron chi connectivity index (χ1n) is 7.55. The van der Waals surface area contributed by atoms with Gasteiger partial charge in [0.2, 0.25) is 5.89 Å². The van der Waals surface area contributed by atoms with Crippen LogP contribution in [0.2, 0.25) is 0 Å². The normalized spacial score (nSPS) is 23.1. The molecule has 1 saturated heterocycles. The zero-order valence-electron chi connectivity index (χ0n) is 12.9. The second-order valence-electron chi connectivity index (χ2n) is 5.87. The topological polar surface area (TPSA) is 71.4 Å². The Morgan fingerprint density at radius 2 is 2.20 bits per heavy atom. The van der Waals surface area contributed by atoms with Gasteiger partial charge >= 0.3 is 0 Å². The van der Waals surface area contributed by atoms with Gasteiger partial charge in [-0.3, -0.25) is 0 Å². The molecule has 1 aliphatic heterocycles. The van der Waals surface area contributed by atoms with Crippen molar-refractivity contribution in [2.75, 3.05) is 40.3 Å². The monoisotopic (exact) mass is 281 g/mol. The number of nitrogens with two attached hydrogens (primary N) is 1. The van der Waals surface area contributed by atoms with E-state index in [4.69, 9.17) is 10.3 Å². The van der Waals surface area contributed by atoms with E-state index in [0.717, 1.165) is 44.7 Å². The van der Waals surface area contributed by atoms with Crippen molar-refractivity contribution in [1.29, 1.82) is 0 Å². The Kier molecular flexibility index (Phi) is 5.51. The smallest absolute Gasteiger partial charge is 0.231 e. The van der Waals surface area contributed by atoms with Crippen molar-refractivity contribution in [2.24, 2.45) is 5.73 Å². The summed E-state index contributed by atoms with van der Waals surface area (Å²) in [6.07, 6.45) is 2.92. The second kappa shape index (κ2) is 7.15. The predicted octanol–water partition coefficient (Wildman–Crippen LogP) is 0.700. The lowest BCUT2D eigenvalue weighted by Gasteiger charge is -2.37. The first-order chi connectivity index (χ1) is 9.63. The first-order valence-corrected chi connectivity index (χ1v) is 7.55. The van der Waals surface area contributed by atoms with E-state index >= 15 is 0 Å². The molecule has 2 atom stereocenters. The van der Waals surface area contributed by atoms with Crippen LogP contribution in [0.15, 0.2) is 4.52 Å². The molecule has 2 N–H and O–H groups in total.